The monoisotopic (exact) mass is 363 g/mol. The summed E-state index contributed by atoms with van der Waals surface area (Å²) in [6.45, 7) is 5.07. The van der Waals surface area contributed by atoms with Crippen molar-refractivity contribution in [2.45, 2.75) is 6.42 Å². The molecule has 4 nitrogen and oxygen atoms in total. The average Bonchev–Trinajstić information content (AvgIpc) is 3.33. The number of nitrogens with one attached hydrogen (secondary N) is 1. The van der Waals surface area contributed by atoms with Crippen molar-refractivity contribution >= 4 is 27.6 Å². The molecule has 2 aromatic heterocycles. The zero-order valence-corrected chi connectivity index (χ0v) is 15.1. The molecule has 138 valence electrons. The maximum Gasteiger partial charge on any atom is 0.134 e. The Morgan fingerprint density at radius 1 is 1.00 bits per heavy atom. The molecule has 1 fully saturated rings. The number of furan rings is 1. The third-order valence-corrected chi connectivity index (χ3v) is 5.60. The molecule has 0 aliphatic carbocycles. The van der Waals surface area contributed by atoms with Gasteiger partial charge in [-0.15, -0.1) is 0 Å². The Hall–Kier alpha value is -2.79. The predicted molar refractivity (Wildman–Crippen MR) is 107 cm³/mol. The Kier molecular flexibility index (Phi) is 4.09. The number of benzene rings is 2. The maximum absolute atomic E-state index is 13.5. The molecular formula is C22H22FN3O. The topological polar surface area (TPSA) is 35.4 Å². The number of nitrogens with zero attached hydrogens (tertiary/aromatic N) is 2. The number of hydrogen-bond acceptors (Lipinski definition) is 3. The summed E-state index contributed by atoms with van der Waals surface area (Å²) in [4.78, 5) is 8.24. The molecular weight excluding hydrogens is 341 g/mol. The lowest BCUT2D eigenvalue weighted by Crippen LogP contribution is -2.47. The molecule has 1 aliphatic rings. The van der Waals surface area contributed by atoms with Crippen molar-refractivity contribution < 1.29 is 8.81 Å². The van der Waals surface area contributed by atoms with E-state index in [9.17, 15) is 4.39 Å². The Bertz CT molecular complexity index is 1080. The molecule has 4 aromatic rings. The van der Waals surface area contributed by atoms with Crippen LogP contribution in [-0.2, 0) is 6.42 Å². The van der Waals surface area contributed by atoms with Crippen LogP contribution < -0.4 is 4.90 Å². The van der Waals surface area contributed by atoms with Crippen LogP contribution in [0.1, 0.15) is 5.56 Å². The van der Waals surface area contributed by atoms with Crippen LogP contribution in [0, 0.1) is 5.82 Å². The molecule has 2 aromatic carbocycles. The summed E-state index contributed by atoms with van der Waals surface area (Å²) >= 11 is 0. The molecule has 27 heavy (non-hydrogen) atoms. The summed E-state index contributed by atoms with van der Waals surface area (Å²) < 4.78 is 19.1. The molecule has 0 bridgehead atoms. The van der Waals surface area contributed by atoms with Gasteiger partial charge < -0.3 is 14.3 Å². The van der Waals surface area contributed by atoms with Crippen LogP contribution in [0.25, 0.3) is 21.9 Å². The standard InChI is InChI=1S/C22H22FN3O/c23-17-4-5-22-19(14-17)16(15-27-22)7-9-25-10-12-26(13-11-25)21-3-1-2-20-18(21)6-8-24-20/h1-6,8,14-15,24H,7,9-13H2. The normalized spacial score (nSPS) is 15.8. The Morgan fingerprint density at radius 3 is 2.78 bits per heavy atom. The van der Waals surface area contributed by atoms with E-state index in [1.54, 1.807) is 18.4 Å². The van der Waals surface area contributed by atoms with Gasteiger partial charge in [0.15, 0.2) is 0 Å². The lowest BCUT2D eigenvalue weighted by molar-refractivity contribution is 0.261. The van der Waals surface area contributed by atoms with Gasteiger partial charge in [-0.1, -0.05) is 6.07 Å². The van der Waals surface area contributed by atoms with Crippen LogP contribution in [0.15, 0.2) is 59.3 Å². The summed E-state index contributed by atoms with van der Waals surface area (Å²) in [6.07, 6.45) is 4.65. The number of aromatic amines is 1. The van der Waals surface area contributed by atoms with E-state index >= 15 is 0 Å². The van der Waals surface area contributed by atoms with Crippen LogP contribution in [0.4, 0.5) is 10.1 Å². The molecule has 1 aliphatic heterocycles. The molecule has 5 rings (SSSR count). The maximum atomic E-state index is 13.5. The van der Waals surface area contributed by atoms with Gasteiger partial charge in [0.25, 0.3) is 0 Å². The minimum atomic E-state index is -0.210. The minimum Gasteiger partial charge on any atom is -0.464 e. The number of aromatic nitrogens is 1. The molecule has 0 unspecified atom stereocenters. The van der Waals surface area contributed by atoms with Crippen LogP contribution in [0.5, 0.6) is 0 Å². The average molecular weight is 363 g/mol. The highest BCUT2D eigenvalue weighted by Gasteiger charge is 2.19. The lowest BCUT2D eigenvalue weighted by atomic mass is 10.1. The van der Waals surface area contributed by atoms with E-state index in [4.69, 9.17) is 4.42 Å². The number of halogens is 1. The Balaban J connectivity index is 1.23. The molecule has 1 saturated heterocycles. The van der Waals surface area contributed by atoms with E-state index in [1.165, 1.54) is 22.7 Å². The van der Waals surface area contributed by atoms with Gasteiger partial charge in [-0.25, -0.2) is 4.39 Å². The fourth-order valence-electron chi connectivity index (χ4n) is 4.08. The van der Waals surface area contributed by atoms with E-state index in [0.717, 1.165) is 55.7 Å². The fourth-order valence-corrected chi connectivity index (χ4v) is 4.08. The van der Waals surface area contributed by atoms with Gasteiger partial charge in [-0.2, -0.15) is 0 Å². The first-order chi connectivity index (χ1) is 13.3. The number of hydrogen-bond donors (Lipinski definition) is 1. The molecule has 5 heteroatoms. The van der Waals surface area contributed by atoms with Crippen molar-refractivity contribution in [3.8, 4) is 0 Å². The fraction of sp³-hybridized carbons (Fsp3) is 0.273. The zero-order chi connectivity index (χ0) is 18.2. The minimum absolute atomic E-state index is 0.210. The summed E-state index contributed by atoms with van der Waals surface area (Å²) in [7, 11) is 0. The van der Waals surface area contributed by atoms with E-state index in [2.05, 4.69) is 39.0 Å². The second-order valence-electron chi connectivity index (χ2n) is 7.20. The summed E-state index contributed by atoms with van der Waals surface area (Å²) in [5, 5.41) is 2.19. The number of fused-ring (bicyclic) bond motifs is 2. The first-order valence-electron chi connectivity index (χ1n) is 9.47. The quantitative estimate of drug-likeness (QED) is 0.583. The molecule has 0 atom stereocenters. The van der Waals surface area contributed by atoms with Crippen molar-refractivity contribution in [1.82, 2.24) is 9.88 Å². The Morgan fingerprint density at radius 2 is 1.89 bits per heavy atom. The molecule has 0 spiro atoms. The van der Waals surface area contributed by atoms with Gasteiger partial charge in [-0.3, -0.25) is 4.90 Å². The number of piperazine rings is 1. The van der Waals surface area contributed by atoms with Crippen LogP contribution in [0.3, 0.4) is 0 Å². The third kappa shape index (κ3) is 3.08. The third-order valence-electron chi connectivity index (χ3n) is 5.60. The molecule has 0 saturated carbocycles. The van der Waals surface area contributed by atoms with E-state index in [1.807, 2.05) is 6.20 Å². The van der Waals surface area contributed by atoms with E-state index < -0.39 is 0 Å². The number of H-pyrrole nitrogens is 1. The second kappa shape index (κ2) is 6.74. The second-order valence-corrected chi connectivity index (χ2v) is 7.20. The molecule has 3 heterocycles. The van der Waals surface area contributed by atoms with E-state index in [0.29, 0.717) is 0 Å². The highest BCUT2D eigenvalue weighted by atomic mass is 19.1. The van der Waals surface area contributed by atoms with Gasteiger partial charge >= 0.3 is 0 Å². The molecule has 0 radical (unpaired) electrons. The van der Waals surface area contributed by atoms with Crippen molar-refractivity contribution in [2.75, 3.05) is 37.6 Å². The number of rotatable bonds is 4. The lowest BCUT2D eigenvalue weighted by Gasteiger charge is -2.36. The highest BCUT2D eigenvalue weighted by Crippen LogP contribution is 2.27. The van der Waals surface area contributed by atoms with E-state index in [-0.39, 0.29) is 5.82 Å². The van der Waals surface area contributed by atoms with Crippen LogP contribution in [0.2, 0.25) is 0 Å². The summed E-state index contributed by atoms with van der Waals surface area (Å²) in [5.74, 6) is -0.210. The molecule has 0 amide bonds. The Labute approximate surface area is 157 Å². The van der Waals surface area contributed by atoms with Gasteiger partial charge in [-0.05, 0) is 48.4 Å². The summed E-state index contributed by atoms with van der Waals surface area (Å²) in [5.41, 5.74) is 4.35. The van der Waals surface area contributed by atoms with Crippen molar-refractivity contribution in [2.24, 2.45) is 0 Å². The highest BCUT2D eigenvalue weighted by molar-refractivity contribution is 5.92. The van der Waals surface area contributed by atoms with Gasteiger partial charge in [0.05, 0.1) is 6.26 Å². The first kappa shape index (κ1) is 16.4. The smallest absolute Gasteiger partial charge is 0.134 e. The van der Waals surface area contributed by atoms with Crippen molar-refractivity contribution in [1.29, 1.82) is 0 Å². The van der Waals surface area contributed by atoms with Crippen molar-refractivity contribution in [3.05, 3.63) is 66.3 Å². The summed E-state index contributed by atoms with van der Waals surface area (Å²) in [6, 6.07) is 13.3. The van der Waals surface area contributed by atoms with Gasteiger partial charge in [0.2, 0.25) is 0 Å². The largest absolute Gasteiger partial charge is 0.464 e. The van der Waals surface area contributed by atoms with Crippen LogP contribution >= 0.6 is 0 Å². The predicted octanol–water partition coefficient (Wildman–Crippen LogP) is 4.42. The SMILES string of the molecule is Fc1ccc2occ(CCN3CCN(c4cccc5[nH]ccc45)CC3)c2c1. The van der Waals surface area contributed by atoms with Gasteiger partial charge in [0.1, 0.15) is 11.4 Å². The van der Waals surface area contributed by atoms with Crippen molar-refractivity contribution in [3.63, 3.8) is 0 Å². The first-order valence-corrected chi connectivity index (χ1v) is 9.47. The molecule has 1 N–H and O–H groups in total. The van der Waals surface area contributed by atoms with Gasteiger partial charge in [0, 0.05) is 60.9 Å². The zero-order valence-electron chi connectivity index (χ0n) is 15.1. The number of anilines is 1. The van der Waals surface area contributed by atoms with Crippen LogP contribution in [-0.4, -0.2) is 42.6 Å².